The van der Waals surface area contributed by atoms with E-state index in [1.165, 1.54) is 0 Å². The number of benzene rings is 2. The van der Waals surface area contributed by atoms with Gasteiger partial charge in [0.1, 0.15) is 5.65 Å². The third-order valence-corrected chi connectivity index (χ3v) is 5.62. The molecule has 0 aliphatic carbocycles. The average Bonchev–Trinajstić information content (AvgIpc) is 3.15. The number of hydrogen-bond acceptors (Lipinski definition) is 3. The first-order chi connectivity index (χ1) is 13.7. The summed E-state index contributed by atoms with van der Waals surface area (Å²) in [6.07, 6.45) is 4.03. The quantitative estimate of drug-likeness (QED) is 0.442. The summed E-state index contributed by atoms with van der Waals surface area (Å²) in [5, 5.41) is 0. The lowest BCUT2D eigenvalue weighted by Gasteiger charge is -2.19. The second-order valence-corrected chi connectivity index (χ2v) is 7.65. The molecule has 0 saturated carbocycles. The van der Waals surface area contributed by atoms with Crippen LogP contribution < -0.4 is 0 Å². The first-order valence-electron chi connectivity index (χ1n) is 9.14. The molecule has 0 N–H and O–H groups in total. The van der Waals surface area contributed by atoms with Crippen molar-refractivity contribution >= 4 is 23.3 Å². The third-order valence-electron chi connectivity index (χ3n) is 4.52. The van der Waals surface area contributed by atoms with E-state index in [0.717, 1.165) is 27.4 Å². The molecule has 1 amide bonds. The number of fused-ring (bicyclic) bond motifs is 1. The zero-order chi connectivity index (χ0) is 19.3. The Morgan fingerprint density at radius 1 is 1.00 bits per heavy atom. The van der Waals surface area contributed by atoms with Gasteiger partial charge in [-0.3, -0.25) is 4.79 Å². The Balaban J connectivity index is 1.48. The van der Waals surface area contributed by atoms with Crippen molar-refractivity contribution in [3.8, 4) is 0 Å². The molecule has 0 atom stereocenters. The van der Waals surface area contributed by atoms with E-state index in [1.54, 1.807) is 16.7 Å². The van der Waals surface area contributed by atoms with Crippen molar-refractivity contribution in [3.05, 3.63) is 102 Å². The van der Waals surface area contributed by atoms with Gasteiger partial charge in [-0.15, -0.1) is 11.8 Å². The normalized spacial score (nSPS) is 10.9. The van der Waals surface area contributed by atoms with Gasteiger partial charge in [-0.05, 0) is 29.8 Å². The minimum absolute atomic E-state index is 0.0296. The number of aromatic nitrogens is 2. The van der Waals surface area contributed by atoms with E-state index in [1.807, 2.05) is 96.6 Å². The minimum atomic E-state index is 0.0296. The maximum atomic E-state index is 13.0. The van der Waals surface area contributed by atoms with E-state index < -0.39 is 0 Å². The fourth-order valence-corrected chi connectivity index (χ4v) is 4.04. The number of nitrogens with zero attached hydrogens (tertiary/aromatic N) is 3. The number of amides is 1. The Labute approximate surface area is 168 Å². The monoisotopic (exact) mass is 387 g/mol. The summed E-state index contributed by atoms with van der Waals surface area (Å²) < 4.78 is 2.01. The molecular formula is C23H21N3OS. The van der Waals surface area contributed by atoms with Gasteiger partial charge in [0.25, 0.3) is 5.91 Å². The zero-order valence-corrected chi connectivity index (χ0v) is 16.5. The standard InChI is InChI=1S/C23H21N3OS/c1-25(15-18-9-3-2-4-10-18)23(27)20-11-5-6-12-21(20)28-17-19-16-26-14-8-7-13-22(26)24-19/h2-14,16H,15,17H2,1H3. The molecule has 0 unspecified atom stereocenters. The molecule has 0 saturated heterocycles. The van der Waals surface area contributed by atoms with Crippen LogP contribution in [-0.2, 0) is 12.3 Å². The van der Waals surface area contributed by atoms with E-state index in [4.69, 9.17) is 0 Å². The Bertz CT molecular complexity index is 1060. The maximum absolute atomic E-state index is 13.0. The van der Waals surface area contributed by atoms with Crippen LogP contribution in [0.2, 0.25) is 0 Å². The van der Waals surface area contributed by atoms with Crippen molar-refractivity contribution in [1.82, 2.24) is 14.3 Å². The Morgan fingerprint density at radius 2 is 1.75 bits per heavy atom. The van der Waals surface area contributed by atoms with Crippen molar-refractivity contribution in [2.45, 2.75) is 17.2 Å². The van der Waals surface area contributed by atoms with Gasteiger partial charge in [-0.2, -0.15) is 0 Å². The summed E-state index contributed by atoms with van der Waals surface area (Å²) in [6.45, 7) is 0.588. The van der Waals surface area contributed by atoms with E-state index in [9.17, 15) is 4.79 Å². The summed E-state index contributed by atoms with van der Waals surface area (Å²) >= 11 is 1.64. The summed E-state index contributed by atoms with van der Waals surface area (Å²) in [5.41, 5.74) is 3.78. The Kier molecular flexibility index (Phi) is 5.44. The average molecular weight is 388 g/mol. The summed E-state index contributed by atoms with van der Waals surface area (Å²) in [6, 6.07) is 23.8. The molecule has 2 aromatic carbocycles. The highest BCUT2D eigenvalue weighted by atomic mass is 32.2. The lowest BCUT2D eigenvalue weighted by molar-refractivity contribution is 0.0781. The van der Waals surface area contributed by atoms with Crippen LogP contribution in [0.5, 0.6) is 0 Å². The number of carbonyl (C=O) groups excluding carboxylic acids is 1. The number of carbonyl (C=O) groups is 1. The smallest absolute Gasteiger partial charge is 0.255 e. The van der Waals surface area contributed by atoms with Crippen LogP contribution in [0.25, 0.3) is 5.65 Å². The van der Waals surface area contributed by atoms with Crippen molar-refractivity contribution in [3.63, 3.8) is 0 Å². The largest absolute Gasteiger partial charge is 0.337 e. The lowest BCUT2D eigenvalue weighted by atomic mass is 10.1. The number of rotatable bonds is 6. The first-order valence-corrected chi connectivity index (χ1v) is 10.1. The van der Waals surface area contributed by atoms with Crippen molar-refractivity contribution < 1.29 is 4.79 Å². The first kappa shape index (κ1) is 18.3. The van der Waals surface area contributed by atoms with Gasteiger partial charge < -0.3 is 9.30 Å². The van der Waals surface area contributed by atoms with E-state index in [0.29, 0.717) is 12.3 Å². The summed E-state index contributed by atoms with van der Waals surface area (Å²) in [7, 11) is 1.85. The van der Waals surface area contributed by atoms with Crippen LogP contribution in [0.4, 0.5) is 0 Å². The molecule has 5 heteroatoms. The molecule has 0 aliphatic heterocycles. The van der Waals surface area contributed by atoms with Gasteiger partial charge >= 0.3 is 0 Å². The molecule has 0 bridgehead atoms. The predicted octanol–water partition coefficient (Wildman–Crippen LogP) is 4.90. The third kappa shape index (κ3) is 4.10. The molecule has 2 heterocycles. The highest BCUT2D eigenvalue weighted by Crippen LogP contribution is 2.27. The van der Waals surface area contributed by atoms with Gasteiger partial charge in [0.05, 0.1) is 11.3 Å². The van der Waals surface area contributed by atoms with Crippen LogP contribution in [0.15, 0.2) is 90.1 Å². The van der Waals surface area contributed by atoms with Crippen LogP contribution in [0, 0.1) is 0 Å². The molecule has 0 spiro atoms. The Morgan fingerprint density at radius 3 is 2.57 bits per heavy atom. The second kappa shape index (κ2) is 8.31. The highest BCUT2D eigenvalue weighted by molar-refractivity contribution is 7.98. The maximum Gasteiger partial charge on any atom is 0.255 e. The number of imidazole rings is 1. The van der Waals surface area contributed by atoms with Crippen LogP contribution >= 0.6 is 11.8 Å². The molecule has 0 fully saturated rings. The van der Waals surface area contributed by atoms with Gasteiger partial charge in [0.2, 0.25) is 0 Å². The van der Waals surface area contributed by atoms with E-state index in [-0.39, 0.29) is 5.91 Å². The number of pyridine rings is 1. The van der Waals surface area contributed by atoms with Gasteiger partial charge in [-0.25, -0.2) is 4.98 Å². The zero-order valence-electron chi connectivity index (χ0n) is 15.7. The molecule has 28 heavy (non-hydrogen) atoms. The van der Waals surface area contributed by atoms with Crippen LogP contribution in [-0.4, -0.2) is 27.2 Å². The predicted molar refractivity (Wildman–Crippen MR) is 113 cm³/mol. The molecule has 140 valence electrons. The van der Waals surface area contributed by atoms with E-state index in [2.05, 4.69) is 4.98 Å². The molecule has 0 radical (unpaired) electrons. The van der Waals surface area contributed by atoms with Gasteiger partial charge in [0, 0.05) is 36.6 Å². The van der Waals surface area contributed by atoms with Gasteiger partial charge in [0.15, 0.2) is 0 Å². The van der Waals surface area contributed by atoms with Crippen molar-refractivity contribution in [2.75, 3.05) is 7.05 Å². The molecule has 4 aromatic rings. The molecule has 0 aliphatic rings. The van der Waals surface area contributed by atoms with Crippen LogP contribution in [0.1, 0.15) is 21.6 Å². The van der Waals surface area contributed by atoms with Crippen molar-refractivity contribution in [2.24, 2.45) is 0 Å². The van der Waals surface area contributed by atoms with Gasteiger partial charge in [-0.1, -0.05) is 48.5 Å². The fourth-order valence-electron chi connectivity index (χ4n) is 3.11. The molecule has 2 aromatic heterocycles. The minimum Gasteiger partial charge on any atom is -0.337 e. The lowest BCUT2D eigenvalue weighted by Crippen LogP contribution is -2.26. The molecular weight excluding hydrogens is 366 g/mol. The number of hydrogen-bond donors (Lipinski definition) is 0. The van der Waals surface area contributed by atoms with E-state index >= 15 is 0 Å². The van der Waals surface area contributed by atoms with Crippen LogP contribution in [0.3, 0.4) is 0 Å². The Hall–Kier alpha value is -3.05. The second-order valence-electron chi connectivity index (χ2n) is 6.63. The summed E-state index contributed by atoms with van der Waals surface area (Å²) in [4.78, 5) is 20.4. The topological polar surface area (TPSA) is 37.6 Å². The number of thioether (sulfide) groups is 1. The van der Waals surface area contributed by atoms with Crippen molar-refractivity contribution in [1.29, 1.82) is 0 Å². The molecule has 4 rings (SSSR count). The summed E-state index contributed by atoms with van der Waals surface area (Å²) in [5.74, 6) is 0.746. The highest BCUT2D eigenvalue weighted by Gasteiger charge is 2.16. The SMILES string of the molecule is CN(Cc1ccccc1)C(=O)c1ccccc1SCc1cn2ccccc2n1. The fraction of sp³-hybridized carbons (Fsp3) is 0.130. The molecule has 4 nitrogen and oxygen atoms in total.